The van der Waals surface area contributed by atoms with Crippen LogP contribution < -0.4 is 11.1 Å². The maximum absolute atomic E-state index is 8.47. The van der Waals surface area contributed by atoms with Gasteiger partial charge in [-0.25, -0.2) is 0 Å². The number of ether oxygens (including phenoxy) is 1. The molecule has 0 aromatic heterocycles. The quantitative estimate of drug-likeness (QED) is 0.244. The first-order valence-electron chi connectivity index (χ1n) is 5.35. The van der Waals surface area contributed by atoms with E-state index in [1.807, 2.05) is 0 Å². The van der Waals surface area contributed by atoms with Gasteiger partial charge in [-0.05, 0) is 19.8 Å². The molecule has 2 atom stereocenters. The number of hydrogen-bond acceptors (Lipinski definition) is 4. The molecular weight excluding hydrogens is 194 g/mol. The fraction of sp³-hybridized carbons (Fsp3) is 0.900. The van der Waals surface area contributed by atoms with E-state index in [0.29, 0.717) is 12.5 Å². The number of rotatable bonds is 8. The van der Waals surface area contributed by atoms with Gasteiger partial charge in [-0.1, -0.05) is 12.1 Å². The first-order valence-corrected chi connectivity index (χ1v) is 5.35. The SMILES string of the molecule is CCC(CC(N)=NO)NC(C)CCOC. The van der Waals surface area contributed by atoms with Crippen LogP contribution in [0.3, 0.4) is 0 Å². The molecule has 0 fully saturated rings. The monoisotopic (exact) mass is 217 g/mol. The Labute approximate surface area is 91.7 Å². The third kappa shape index (κ3) is 7.16. The normalized spacial score (nSPS) is 16.3. The van der Waals surface area contributed by atoms with Gasteiger partial charge in [0.1, 0.15) is 5.84 Å². The minimum absolute atomic E-state index is 0.257. The lowest BCUT2D eigenvalue weighted by molar-refractivity contribution is 0.182. The van der Waals surface area contributed by atoms with Gasteiger partial charge in [0.2, 0.25) is 0 Å². The topological polar surface area (TPSA) is 79.9 Å². The van der Waals surface area contributed by atoms with Gasteiger partial charge in [-0.2, -0.15) is 0 Å². The Morgan fingerprint density at radius 1 is 1.60 bits per heavy atom. The highest BCUT2D eigenvalue weighted by Crippen LogP contribution is 2.01. The summed E-state index contributed by atoms with van der Waals surface area (Å²) in [5, 5.41) is 14.9. The van der Waals surface area contributed by atoms with Crippen molar-refractivity contribution in [2.24, 2.45) is 10.9 Å². The van der Waals surface area contributed by atoms with Crippen LogP contribution in [0.15, 0.2) is 5.16 Å². The standard InChI is InChI=1S/C10H23N3O2/c1-4-9(7-10(11)13-14)12-8(2)5-6-15-3/h8-9,12,14H,4-7H2,1-3H3,(H2,11,13). The van der Waals surface area contributed by atoms with Crippen molar-refractivity contribution < 1.29 is 9.94 Å². The molecule has 0 saturated heterocycles. The van der Waals surface area contributed by atoms with Gasteiger partial charge in [-0.3, -0.25) is 0 Å². The fourth-order valence-corrected chi connectivity index (χ4v) is 1.39. The predicted octanol–water partition coefficient (Wildman–Crippen LogP) is 0.916. The minimum Gasteiger partial charge on any atom is -0.409 e. The summed E-state index contributed by atoms with van der Waals surface area (Å²) in [6.45, 7) is 4.92. The van der Waals surface area contributed by atoms with E-state index in [0.717, 1.165) is 19.4 Å². The van der Waals surface area contributed by atoms with Crippen LogP contribution in [-0.2, 0) is 4.74 Å². The van der Waals surface area contributed by atoms with E-state index >= 15 is 0 Å². The van der Waals surface area contributed by atoms with Gasteiger partial charge < -0.3 is 21.0 Å². The number of nitrogens with two attached hydrogens (primary N) is 1. The lowest BCUT2D eigenvalue weighted by Crippen LogP contribution is -2.39. The number of hydrogen-bond donors (Lipinski definition) is 3. The summed E-state index contributed by atoms with van der Waals surface area (Å²) >= 11 is 0. The van der Waals surface area contributed by atoms with Crippen molar-refractivity contribution in [3.05, 3.63) is 0 Å². The molecular formula is C10H23N3O2. The molecule has 0 heterocycles. The molecule has 0 aliphatic heterocycles. The van der Waals surface area contributed by atoms with Crippen molar-refractivity contribution in [1.29, 1.82) is 0 Å². The molecule has 0 radical (unpaired) electrons. The Bertz CT molecular complexity index is 186. The van der Waals surface area contributed by atoms with Crippen molar-refractivity contribution in [3.63, 3.8) is 0 Å². The second kappa shape index (κ2) is 8.49. The highest BCUT2D eigenvalue weighted by Gasteiger charge is 2.11. The highest BCUT2D eigenvalue weighted by atomic mass is 16.5. The molecule has 0 rings (SSSR count). The Morgan fingerprint density at radius 2 is 2.27 bits per heavy atom. The second-order valence-corrected chi connectivity index (χ2v) is 3.75. The maximum Gasteiger partial charge on any atom is 0.140 e. The van der Waals surface area contributed by atoms with Crippen LogP contribution in [0, 0.1) is 0 Å². The molecule has 90 valence electrons. The van der Waals surface area contributed by atoms with Gasteiger partial charge in [0.25, 0.3) is 0 Å². The summed E-state index contributed by atoms with van der Waals surface area (Å²) in [7, 11) is 1.69. The first-order chi connectivity index (χ1) is 7.13. The summed E-state index contributed by atoms with van der Waals surface area (Å²) in [4.78, 5) is 0. The summed E-state index contributed by atoms with van der Waals surface area (Å²) < 4.78 is 5.00. The third-order valence-electron chi connectivity index (χ3n) is 2.35. The Morgan fingerprint density at radius 3 is 2.73 bits per heavy atom. The molecule has 0 aliphatic carbocycles. The molecule has 4 N–H and O–H groups in total. The summed E-state index contributed by atoms with van der Waals surface area (Å²) in [5.74, 6) is 0.272. The zero-order chi connectivity index (χ0) is 11.7. The van der Waals surface area contributed by atoms with E-state index in [2.05, 4.69) is 24.3 Å². The van der Waals surface area contributed by atoms with E-state index < -0.39 is 0 Å². The van der Waals surface area contributed by atoms with Gasteiger partial charge in [0.05, 0.1) is 0 Å². The summed E-state index contributed by atoms with van der Waals surface area (Å²) in [6.07, 6.45) is 2.49. The average Bonchev–Trinajstić information content (AvgIpc) is 2.25. The van der Waals surface area contributed by atoms with E-state index in [1.54, 1.807) is 7.11 Å². The number of nitrogens with one attached hydrogen (secondary N) is 1. The van der Waals surface area contributed by atoms with Gasteiger partial charge >= 0.3 is 0 Å². The van der Waals surface area contributed by atoms with Crippen LogP contribution in [0.5, 0.6) is 0 Å². The molecule has 5 heteroatoms. The Hall–Kier alpha value is -0.810. The molecule has 0 saturated carbocycles. The van der Waals surface area contributed by atoms with Crippen molar-refractivity contribution in [2.75, 3.05) is 13.7 Å². The third-order valence-corrected chi connectivity index (χ3v) is 2.35. The van der Waals surface area contributed by atoms with Crippen molar-refractivity contribution >= 4 is 5.84 Å². The zero-order valence-electron chi connectivity index (χ0n) is 9.86. The number of amidine groups is 1. The lowest BCUT2D eigenvalue weighted by atomic mass is 10.1. The molecule has 0 spiro atoms. The summed E-state index contributed by atoms with van der Waals surface area (Å²) in [6, 6.07) is 0.633. The first kappa shape index (κ1) is 14.2. The molecule has 15 heavy (non-hydrogen) atoms. The zero-order valence-corrected chi connectivity index (χ0v) is 9.86. The molecule has 0 aromatic rings. The number of nitrogens with zero attached hydrogens (tertiary/aromatic N) is 1. The van der Waals surface area contributed by atoms with E-state index in [4.69, 9.17) is 15.7 Å². The van der Waals surface area contributed by atoms with Crippen LogP contribution in [0.2, 0.25) is 0 Å². The fourth-order valence-electron chi connectivity index (χ4n) is 1.39. The van der Waals surface area contributed by atoms with Crippen molar-refractivity contribution in [1.82, 2.24) is 5.32 Å². The van der Waals surface area contributed by atoms with Crippen LogP contribution in [0.1, 0.15) is 33.1 Å². The van der Waals surface area contributed by atoms with Gasteiger partial charge in [0, 0.05) is 32.2 Å². The molecule has 0 aromatic carbocycles. The van der Waals surface area contributed by atoms with Crippen LogP contribution in [-0.4, -0.2) is 36.8 Å². The lowest BCUT2D eigenvalue weighted by Gasteiger charge is -2.21. The molecule has 0 bridgehead atoms. The molecule has 0 aliphatic rings. The highest BCUT2D eigenvalue weighted by molar-refractivity contribution is 5.80. The van der Waals surface area contributed by atoms with Gasteiger partial charge in [-0.15, -0.1) is 0 Å². The van der Waals surface area contributed by atoms with Crippen molar-refractivity contribution in [3.8, 4) is 0 Å². The van der Waals surface area contributed by atoms with E-state index in [-0.39, 0.29) is 11.9 Å². The van der Waals surface area contributed by atoms with E-state index in [1.165, 1.54) is 0 Å². The molecule has 0 amide bonds. The number of oxime groups is 1. The predicted molar refractivity (Wildman–Crippen MR) is 61.2 cm³/mol. The van der Waals surface area contributed by atoms with Gasteiger partial charge in [0.15, 0.2) is 0 Å². The van der Waals surface area contributed by atoms with Crippen LogP contribution in [0.4, 0.5) is 0 Å². The van der Waals surface area contributed by atoms with Crippen molar-refractivity contribution in [2.45, 2.75) is 45.2 Å². The summed E-state index contributed by atoms with van der Waals surface area (Å²) in [5.41, 5.74) is 5.46. The average molecular weight is 217 g/mol. The minimum atomic E-state index is 0.257. The van der Waals surface area contributed by atoms with E-state index in [9.17, 15) is 0 Å². The smallest absolute Gasteiger partial charge is 0.140 e. The Kier molecular flexibility index (Phi) is 8.04. The Balaban J connectivity index is 3.87. The van der Waals surface area contributed by atoms with Crippen LogP contribution in [0.25, 0.3) is 0 Å². The molecule has 2 unspecified atom stereocenters. The largest absolute Gasteiger partial charge is 0.409 e. The second-order valence-electron chi connectivity index (χ2n) is 3.75. The number of methoxy groups -OCH3 is 1. The molecule has 5 nitrogen and oxygen atoms in total. The maximum atomic E-state index is 8.47. The van der Waals surface area contributed by atoms with Crippen LogP contribution >= 0.6 is 0 Å².